The van der Waals surface area contributed by atoms with Crippen molar-refractivity contribution < 1.29 is 9.53 Å². The lowest BCUT2D eigenvalue weighted by Crippen LogP contribution is -2.18. The predicted molar refractivity (Wildman–Crippen MR) is 140 cm³/mol. The molecule has 1 aliphatic rings. The molecule has 8 nitrogen and oxygen atoms in total. The van der Waals surface area contributed by atoms with Gasteiger partial charge in [0.15, 0.2) is 5.82 Å². The molecule has 182 valence electrons. The monoisotopic (exact) mass is 480 g/mol. The number of nitrogens with two attached hydrogens (primary N) is 1. The second-order valence-electron chi connectivity index (χ2n) is 9.27. The molecule has 0 bridgehead atoms. The van der Waals surface area contributed by atoms with Crippen LogP contribution < -0.4 is 11.1 Å². The molecule has 3 aromatic heterocycles. The van der Waals surface area contributed by atoms with E-state index in [0.717, 1.165) is 59.7 Å². The van der Waals surface area contributed by atoms with Gasteiger partial charge in [0.2, 0.25) is 5.91 Å². The van der Waals surface area contributed by atoms with Crippen molar-refractivity contribution >= 4 is 28.1 Å². The van der Waals surface area contributed by atoms with Crippen LogP contribution in [0.25, 0.3) is 22.4 Å². The van der Waals surface area contributed by atoms with E-state index in [-0.39, 0.29) is 0 Å². The van der Waals surface area contributed by atoms with Gasteiger partial charge in [-0.15, -0.1) is 5.10 Å². The van der Waals surface area contributed by atoms with Crippen LogP contribution in [0.3, 0.4) is 0 Å². The topological polar surface area (TPSA) is 99.5 Å². The van der Waals surface area contributed by atoms with Crippen LogP contribution in [0.4, 0.5) is 5.82 Å². The van der Waals surface area contributed by atoms with Crippen molar-refractivity contribution in [3.63, 3.8) is 0 Å². The highest BCUT2D eigenvalue weighted by Gasteiger charge is 2.23. The molecule has 0 spiro atoms. The number of nitrogens with one attached hydrogen (secondary N) is 1. The Morgan fingerprint density at radius 2 is 1.86 bits per heavy atom. The van der Waals surface area contributed by atoms with Gasteiger partial charge in [0.1, 0.15) is 5.52 Å². The highest BCUT2D eigenvalue weighted by Crippen LogP contribution is 2.31. The minimum Gasteiger partial charge on any atom is -0.381 e. The van der Waals surface area contributed by atoms with Crippen LogP contribution in [-0.2, 0) is 11.3 Å². The van der Waals surface area contributed by atoms with Crippen LogP contribution in [-0.4, -0.2) is 38.3 Å². The van der Waals surface area contributed by atoms with Crippen LogP contribution in [0.1, 0.15) is 46.1 Å². The summed E-state index contributed by atoms with van der Waals surface area (Å²) in [4.78, 5) is 17.0. The number of anilines is 1. The number of amides is 1. The maximum absolute atomic E-state index is 12.1. The van der Waals surface area contributed by atoms with Crippen molar-refractivity contribution in [1.82, 2.24) is 19.2 Å². The van der Waals surface area contributed by atoms with E-state index < -0.39 is 5.91 Å². The number of carbonyl (C=O) groups excluding carboxylic acids is 1. The van der Waals surface area contributed by atoms with Gasteiger partial charge in [-0.2, -0.15) is 4.98 Å². The number of primary amides is 1. The van der Waals surface area contributed by atoms with Gasteiger partial charge in [-0.1, -0.05) is 36.4 Å². The van der Waals surface area contributed by atoms with Crippen molar-refractivity contribution in [2.75, 3.05) is 18.5 Å². The molecule has 1 fully saturated rings. The van der Waals surface area contributed by atoms with Gasteiger partial charge in [-0.25, -0.2) is 4.52 Å². The first kappa shape index (κ1) is 22.3. The Morgan fingerprint density at radius 1 is 1.06 bits per heavy atom. The van der Waals surface area contributed by atoms with Crippen molar-refractivity contribution in [3.8, 4) is 5.95 Å². The lowest BCUT2D eigenvalue weighted by Gasteiger charge is -2.22. The summed E-state index contributed by atoms with van der Waals surface area (Å²) in [6.07, 6.45) is 1.93. The zero-order valence-electron chi connectivity index (χ0n) is 20.1. The zero-order valence-corrected chi connectivity index (χ0v) is 20.1. The van der Waals surface area contributed by atoms with E-state index in [4.69, 9.17) is 20.6 Å². The van der Waals surface area contributed by atoms with E-state index in [1.165, 1.54) is 5.56 Å². The zero-order chi connectivity index (χ0) is 24.6. The van der Waals surface area contributed by atoms with E-state index in [1.807, 2.05) is 52.4 Å². The Kier molecular flexibility index (Phi) is 5.65. The molecule has 0 aliphatic carbocycles. The summed E-state index contributed by atoms with van der Waals surface area (Å²) in [7, 11) is 0. The Bertz CT molecular complexity index is 1560. The van der Waals surface area contributed by atoms with Crippen molar-refractivity contribution in [2.24, 2.45) is 5.73 Å². The Balaban J connectivity index is 1.52. The van der Waals surface area contributed by atoms with Crippen LogP contribution in [0.5, 0.6) is 0 Å². The summed E-state index contributed by atoms with van der Waals surface area (Å²) in [5.74, 6) is 1.22. The number of fused-ring (bicyclic) bond motifs is 2. The molecule has 1 saturated heterocycles. The molecule has 8 heteroatoms. The summed E-state index contributed by atoms with van der Waals surface area (Å²) < 4.78 is 9.61. The normalized spacial score (nSPS) is 14.5. The molecule has 0 radical (unpaired) electrons. The molecule has 3 N–H and O–H groups in total. The number of benzene rings is 2. The third-order valence-corrected chi connectivity index (χ3v) is 6.97. The molecule has 2 aromatic carbocycles. The third-order valence-electron chi connectivity index (χ3n) is 6.97. The second-order valence-corrected chi connectivity index (χ2v) is 9.27. The van der Waals surface area contributed by atoms with Gasteiger partial charge < -0.3 is 15.8 Å². The van der Waals surface area contributed by atoms with Crippen molar-refractivity contribution in [1.29, 1.82) is 0 Å². The number of carbonyl (C=O) groups is 1. The predicted octanol–water partition coefficient (Wildman–Crippen LogP) is 4.59. The Hall–Kier alpha value is -4.17. The van der Waals surface area contributed by atoms with Crippen molar-refractivity contribution in [3.05, 3.63) is 89.2 Å². The lowest BCUT2D eigenvalue weighted by molar-refractivity contribution is 0.0841. The minimum atomic E-state index is -0.452. The summed E-state index contributed by atoms with van der Waals surface area (Å²) in [5.41, 5.74) is 11.2. The van der Waals surface area contributed by atoms with E-state index in [1.54, 1.807) is 6.07 Å². The summed E-state index contributed by atoms with van der Waals surface area (Å²) in [5, 5.41) is 9.35. The third kappa shape index (κ3) is 3.89. The number of hydrogen-bond donors (Lipinski definition) is 2. The Labute approximate surface area is 208 Å². The Morgan fingerprint density at radius 3 is 2.64 bits per heavy atom. The standard InChI is InChI=1S/C28H28N6O2/c1-18-16-22-21(26(29)35)8-5-9-24(22)33(18)28-31-27(30-17-19-6-3-2-4-7-19)25-11-10-23(34(25)32-28)20-12-14-36-15-13-20/h2-11,16,20H,12-15,17H2,1H3,(H2,29,35)(H,30,31,32). The second kappa shape index (κ2) is 9.13. The number of rotatable bonds is 6. The maximum Gasteiger partial charge on any atom is 0.254 e. The first-order chi connectivity index (χ1) is 17.6. The number of aryl methyl sites for hydroxylation is 1. The molecule has 0 saturated carbocycles. The van der Waals surface area contributed by atoms with Crippen molar-refractivity contribution in [2.45, 2.75) is 32.2 Å². The average Bonchev–Trinajstić information content (AvgIpc) is 3.48. The highest BCUT2D eigenvalue weighted by atomic mass is 16.5. The molecule has 6 rings (SSSR count). The average molecular weight is 481 g/mol. The minimum absolute atomic E-state index is 0.370. The van der Waals surface area contributed by atoms with Gasteiger partial charge in [-0.05, 0) is 55.7 Å². The fraction of sp³-hybridized carbons (Fsp3) is 0.250. The molecular formula is C28H28N6O2. The number of hydrogen-bond acceptors (Lipinski definition) is 5. The molecule has 0 unspecified atom stereocenters. The van der Waals surface area contributed by atoms with Gasteiger partial charge in [0, 0.05) is 48.0 Å². The number of ether oxygens (including phenoxy) is 1. The SMILES string of the molecule is Cc1cc2c(C(N)=O)cccc2n1-c1nc(NCc2ccccc2)c2ccc(C3CCOCC3)n2n1. The smallest absolute Gasteiger partial charge is 0.254 e. The molecule has 1 amide bonds. The highest BCUT2D eigenvalue weighted by molar-refractivity contribution is 6.06. The van der Waals surface area contributed by atoms with Gasteiger partial charge >= 0.3 is 0 Å². The van der Waals surface area contributed by atoms with E-state index in [2.05, 4.69) is 29.6 Å². The molecule has 36 heavy (non-hydrogen) atoms. The van der Waals surface area contributed by atoms with Crippen LogP contribution in [0, 0.1) is 6.92 Å². The van der Waals surface area contributed by atoms with E-state index >= 15 is 0 Å². The van der Waals surface area contributed by atoms with Crippen LogP contribution >= 0.6 is 0 Å². The number of aromatic nitrogens is 4. The maximum atomic E-state index is 12.1. The van der Waals surface area contributed by atoms with Gasteiger partial charge in [0.25, 0.3) is 5.95 Å². The van der Waals surface area contributed by atoms with E-state index in [0.29, 0.717) is 24.0 Å². The quantitative estimate of drug-likeness (QED) is 0.370. The first-order valence-corrected chi connectivity index (χ1v) is 12.3. The van der Waals surface area contributed by atoms with Crippen LogP contribution in [0.2, 0.25) is 0 Å². The molecule has 5 aromatic rings. The molecule has 4 heterocycles. The first-order valence-electron chi connectivity index (χ1n) is 12.3. The fourth-order valence-electron chi connectivity index (χ4n) is 5.16. The number of nitrogens with zero attached hydrogens (tertiary/aromatic N) is 4. The lowest BCUT2D eigenvalue weighted by atomic mass is 9.97. The largest absolute Gasteiger partial charge is 0.381 e. The summed E-state index contributed by atoms with van der Waals surface area (Å²) in [6.45, 7) is 4.14. The van der Waals surface area contributed by atoms with Gasteiger partial charge in [0.05, 0.1) is 5.52 Å². The van der Waals surface area contributed by atoms with Crippen LogP contribution in [0.15, 0.2) is 66.7 Å². The molecular weight excluding hydrogens is 452 g/mol. The fourth-order valence-corrected chi connectivity index (χ4v) is 5.16. The summed E-state index contributed by atoms with van der Waals surface area (Å²) in [6, 6.07) is 22.0. The van der Waals surface area contributed by atoms with Gasteiger partial charge in [-0.3, -0.25) is 9.36 Å². The van der Waals surface area contributed by atoms with E-state index in [9.17, 15) is 4.79 Å². The summed E-state index contributed by atoms with van der Waals surface area (Å²) >= 11 is 0. The molecule has 0 atom stereocenters. The molecule has 1 aliphatic heterocycles.